The minimum atomic E-state index is -0.883. The van der Waals surface area contributed by atoms with E-state index < -0.39 is 5.41 Å². The largest absolute Gasteiger partial charge is 0.409 e. The summed E-state index contributed by atoms with van der Waals surface area (Å²) in [5.74, 6) is -0.288. The number of hydrogen-bond acceptors (Lipinski definition) is 3. The number of amidine groups is 1. The van der Waals surface area contributed by atoms with Crippen LogP contribution in [0.2, 0.25) is 5.02 Å². The Morgan fingerprint density at radius 1 is 1.53 bits per heavy atom. The smallest absolute Gasteiger partial charge is 0.238 e. The maximum atomic E-state index is 12.3. The zero-order chi connectivity index (χ0) is 14.0. The van der Waals surface area contributed by atoms with Gasteiger partial charge in [0.2, 0.25) is 5.91 Å². The van der Waals surface area contributed by atoms with Gasteiger partial charge in [0.1, 0.15) is 5.41 Å². The van der Waals surface area contributed by atoms with Crippen LogP contribution in [0.1, 0.15) is 24.8 Å². The monoisotopic (exact) mass is 281 g/mol. The Balaban J connectivity index is 2.18. The van der Waals surface area contributed by atoms with Crippen molar-refractivity contribution in [2.75, 3.05) is 5.32 Å². The van der Waals surface area contributed by atoms with Crippen molar-refractivity contribution in [3.63, 3.8) is 0 Å². The Labute approximate surface area is 116 Å². The molecule has 0 unspecified atom stereocenters. The second-order valence-electron chi connectivity index (χ2n) is 4.84. The van der Waals surface area contributed by atoms with Crippen LogP contribution in [0.15, 0.2) is 23.4 Å². The van der Waals surface area contributed by atoms with E-state index in [1.807, 2.05) is 13.0 Å². The quantitative estimate of drug-likeness (QED) is 0.344. The van der Waals surface area contributed by atoms with E-state index in [0.29, 0.717) is 23.6 Å². The number of nitrogens with one attached hydrogen (secondary N) is 1. The Morgan fingerprint density at radius 2 is 2.21 bits per heavy atom. The fraction of sp³-hybridized carbons (Fsp3) is 0.385. The Bertz CT molecular complexity index is 539. The Morgan fingerprint density at radius 3 is 2.68 bits per heavy atom. The molecule has 0 aromatic heterocycles. The van der Waals surface area contributed by atoms with Crippen LogP contribution >= 0.6 is 11.6 Å². The summed E-state index contributed by atoms with van der Waals surface area (Å²) >= 11 is 6.01. The lowest BCUT2D eigenvalue weighted by Gasteiger charge is -2.38. The summed E-state index contributed by atoms with van der Waals surface area (Å²) < 4.78 is 0. The summed E-state index contributed by atoms with van der Waals surface area (Å²) in [5.41, 5.74) is 6.30. The highest BCUT2D eigenvalue weighted by atomic mass is 35.5. The van der Waals surface area contributed by atoms with Gasteiger partial charge in [-0.3, -0.25) is 4.79 Å². The third kappa shape index (κ3) is 2.38. The van der Waals surface area contributed by atoms with E-state index in [2.05, 4.69) is 10.5 Å². The summed E-state index contributed by atoms with van der Waals surface area (Å²) in [6.45, 7) is 1.89. The first-order chi connectivity index (χ1) is 8.99. The van der Waals surface area contributed by atoms with Crippen molar-refractivity contribution in [1.29, 1.82) is 0 Å². The van der Waals surface area contributed by atoms with Gasteiger partial charge in [-0.1, -0.05) is 29.2 Å². The van der Waals surface area contributed by atoms with E-state index in [1.54, 1.807) is 12.1 Å². The number of amides is 1. The molecule has 102 valence electrons. The molecule has 0 saturated heterocycles. The standard InChI is InChI=1S/C13H16ClN3O2/c1-8-3-4-9(7-10(8)14)16-12(18)13(5-2-6-13)11(15)17-19/h3-4,7,19H,2,5-6H2,1H3,(H2,15,17)(H,16,18). The van der Waals surface area contributed by atoms with Crippen molar-refractivity contribution in [2.24, 2.45) is 16.3 Å². The van der Waals surface area contributed by atoms with Gasteiger partial charge in [-0.15, -0.1) is 0 Å². The molecular formula is C13H16ClN3O2. The van der Waals surface area contributed by atoms with Crippen LogP contribution in [-0.2, 0) is 4.79 Å². The molecule has 5 nitrogen and oxygen atoms in total. The second kappa shape index (κ2) is 5.09. The van der Waals surface area contributed by atoms with Gasteiger partial charge in [-0.2, -0.15) is 0 Å². The molecule has 6 heteroatoms. The second-order valence-corrected chi connectivity index (χ2v) is 5.25. The molecular weight excluding hydrogens is 266 g/mol. The molecule has 1 aliphatic rings. The van der Waals surface area contributed by atoms with Gasteiger partial charge in [0, 0.05) is 10.7 Å². The van der Waals surface area contributed by atoms with Crippen LogP contribution in [0.5, 0.6) is 0 Å². The van der Waals surface area contributed by atoms with E-state index in [9.17, 15) is 4.79 Å². The fourth-order valence-electron chi connectivity index (χ4n) is 2.15. The van der Waals surface area contributed by atoms with Gasteiger partial charge in [0.25, 0.3) is 0 Å². The number of nitrogens with zero attached hydrogens (tertiary/aromatic N) is 1. The number of oxime groups is 1. The molecule has 19 heavy (non-hydrogen) atoms. The number of rotatable bonds is 3. The molecule has 1 aromatic rings. The summed E-state index contributed by atoms with van der Waals surface area (Å²) in [7, 11) is 0. The number of hydrogen-bond donors (Lipinski definition) is 3. The highest BCUT2D eigenvalue weighted by Gasteiger charge is 2.48. The Kier molecular flexibility index (Phi) is 3.66. The lowest BCUT2D eigenvalue weighted by molar-refractivity contribution is -0.125. The first kappa shape index (κ1) is 13.7. The zero-order valence-corrected chi connectivity index (χ0v) is 11.4. The fourth-order valence-corrected chi connectivity index (χ4v) is 2.33. The minimum Gasteiger partial charge on any atom is -0.409 e. The molecule has 1 saturated carbocycles. The zero-order valence-electron chi connectivity index (χ0n) is 10.6. The number of halogens is 1. The van der Waals surface area contributed by atoms with E-state index in [0.717, 1.165) is 12.0 Å². The van der Waals surface area contributed by atoms with Crippen LogP contribution in [-0.4, -0.2) is 17.0 Å². The van der Waals surface area contributed by atoms with Crippen molar-refractivity contribution in [3.05, 3.63) is 28.8 Å². The maximum absolute atomic E-state index is 12.3. The molecule has 1 amide bonds. The molecule has 1 aromatic carbocycles. The number of carbonyl (C=O) groups excluding carboxylic acids is 1. The lowest BCUT2D eigenvalue weighted by Crippen LogP contribution is -2.51. The lowest BCUT2D eigenvalue weighted by atomic mass is 9.67. The van der Waals surface area contributed by atoms with Gasteiger partial charge >= 0.3 is 0 Å². The first-order valence-corrected chi connectivity index (χ1v) is 6.43. The predicted molar refractivity (Wildman–Crippen MR) is 74.5 cm³/mol. The first-order valence-electron chi connectivity index (χ1n) is 6.05. The van der Waals surface area contributed by atoms with Crippen molar-refractivity contribution in [3.8, 4) is 0 Å². The summed E-state index contributed by atoms with van der Waals surface area (Å²) in [4.78, 5) is 12.3. The van der Waals surface area contributed by atoms with Gasteiger partial charge in [0.15, 0.2) is 5.84 Å². The van der Waals surface area contributed by atoms with Crippen LogP contribution in [0, 0.1) is 12.3 Å². The number of nitrogens with two attached hydrogens (primary N) is 1. The van der Waals surface area contributed by atoms with Gasteiger partial charge < -0.3 is 16.3 Å². The summed E-state index contributed by atoms with van der Waals surface area (Å²) in [6.07, 6.45) is 2.07. The van der Waals surface area contributed by atoms with Gasteiger partial charge in [-0.25, -0.2) is 0 Å². The van der Waals surface area contributed by atoms with Crippen LogP contribution in [0.25, 0.3) is 0 Å². The molecule has 0 heterocycles. The average molecular weight is 282 g/mol. The molecule has 0 atom stereocenters. The highest BCUT2D eigenvalue weighted by Crippen LogP contribution is 2.42. The van der Waals surface area contributed by atoms with Gasteiger partial charge in [0.05, 0.1) is 0 Å². The molecule has 0 radical (unpaired) electrons. The number of anilines is 1. The van der Waals surface area contributed by atoms with E-state index in [1.165, 1.54) is 0 Å². The van der Waals surface area contributed by atoms with E-state index in [-0.39, 0.29) is 11.7 Å². The van der Waals surface area contributed by atoms with Crippen LogP contribution in [0.4, 0.5) is 5.69 Å². The normalized spacial score (nSPS) is 17.7. The van der Waals surface area contributed by atoms with Crippen molar-refractivity contribution >= 4 is 29.0 Å². The van der Waals surface area contributed by atoms with E-state index >= 15 is 0 Å². The SMILES string of the molecule is Cc1ccc(NC(=O)C2(/C(N)=N/O)CCC2)cc1Cl. The molecule has 0 bridgehead atoms. The Hall–Kier alpha value is -1.75. The van der Waals surface area contributed by atoms with E-state index in [4.69, 9.17) is 22.5 Å². The molecule has 2 rings (SSSR count). The molecule has 4 N–H and O–H groups in total. The summed E-state index contributed by atoms with van der Waals surface area (Å²) in [6, 6.07) is 5.29. The highest BCUT2D eigenvalue weighted by molar-refractivity contribution is 6.31. The van der Waals surface area contributed by atoms with Gasteiger partial charge in [-0.05, 0) is 37.5 Å². The minimum absolute atomic E-state index is 0.0329. The molecule has 1 aliphatic carbocycles. The number of carbonyl (C=O) groups is 1. The average Bonchev–Trinajstić information content (AvgIpc) is 2.32. The third-order valence-corrected chi connectivity index (χ3v) is 4.08. The van der Waals surface area contributed by atoms with Crippen molar-refractivity contribution in [1.82, 2.24) is 0 Å². The predicted octanol–water partition coefficient (Wildman–Crippen LogP) is 2.50. The number of benzene rings is 1. The maximum Gasteiger partial charge on any atom is 0.238 e. The molecule has 1 fully saturated rings. The third-order valence-electron chi connectivity index (χ3n) is 3.67. The topological polar surface area (TPSA) is 87.7 Å². The van der Waals surface area contributed by atoms with Crippen molar-refractivity contribution in [2.45, 2.75) is 26.2 Å². The summed E-state index contributed by atoms with van der Waals surface area (Å²) in [5, 5.41) is 15.1. The van der Waals surface area contributed by atoms with Crippen LogP contribution < -0.4 is 11.1 Å². The molecule has 0 spiro atoms. The van der Waals surface area contributed by atoms with Crippen molar-refractivity contribution < 1.29 is 10.0 Å². The molecule has 0 aliphatic heterocycles. The van der Waals surface area contributed by atoms with Crippen LogP contribution in [0.3, 0.4) is 0 Å². The number of aryl methyl sites for hydroxylation is 1.